The molecule has 0 saturated carbocycles. The average Bonchev–Trinajstić information content (AvgIpc) is 3.39. The Kier molecular flexibility index (Phi) is 8.03. The molecule has 0 spiro atoms. The predicted octanol–water partition coefficient (Wildman–Crippen LogP) is 4.66. The van der Waals surface area contributed by atoms with Gasteiger partial charge in [-0.15, -0.1) is 0 Å². The Bertz CT molecular complexity index is 1280. The second-order valence-electron chi connectivity index (χ2n) is 8.94. The smallest absolute Gasteiger partial charge is 0.326 e. The second-order valence-corrected chi connectivity index (χ2v) is 8.94. The molecule has 1 amide bonds. The molecule has 4 rings (SSSR count). The zero-order valence-electron chi connectivity index (χ0n) is 20.2. The van der Waals surface area contributed by atoms with Gasteiger partial charge in [0.05, 0.1) is 6.10 Å². The Morgan fingerprint density at radius 1 is 1.05 bits per heavy atom. The third kappa shape index (κ3) is 6.24. The summed E-state index contributed by atoms with van der Waals surface area (Å²) in [4.78, 5) is 25.7. The first-order valence-electron chi connectivity index (χ1n) is 11.9. The molecular weight excluding hydrogens is 484 g/mol. The minimum atomic E-state index is -1.12. The highest BCUT2D eigenvalue weighted by Crippen LogP contribution is 2.30. The van der Waals surface area contributed by atoms with E-state index in [4.69, 9.17) is 9.47 Å². The lowest BCUT2D eigenvalue weighted by molar-refractivity contribution is -0.141. The Hall–Kier alpha value is -3.98. The molecule has 2 N–H and O–H groups in total. The van der Waals surface area contributed by atoms with E-state index in [0.717, 1.165) is 11.6 Å². The van der Waals surface area contributed by atoms with Crippen LogP contribution < -0.4 is 9.47 Å². The quantitative estimate of drug-likeness (QED) is 0.434. The fourth-order valence-corrected chi connectivity index (χ4v) is 4.18. The van der Waals surface area contributed by atoms with Gasteiger partial charge in [-0.05, 0) is 72.9 Å². The van der Waals surface area contributed by atoms with Crippen LogP contribution >= 0.6 is 0 Å². The van der Waals surface area contributed by atoms with Crippen molar-refractivity contribution in [3.63, 3.8) is 0 Å². The minimum absolute atomic E-state index is 0.169. The normalized spacial score (nSPS) is 15.9. The maximum Gasteiger partial charge on any atom is 0.326 e. The molecule has 0 aromatic heterocycles. The van der Waals surface area contributed by atoms with Gasteiger partial charge < -0.3 is 24.6 Å². The van der Waals surface area contributed by atoms with Crippen LogP contribution in [0.15, 0.2) is 60.7 Å². The molecular formula is C28H27F2NO6. The molecule has 9 heteroatoms. The van der Waals surface area contributed by atoms with Gasteiger partial charge in [-0.2, -0.15) is 4.39 Å². The third-order valence-electron chi connectivity index (χ3n) is 6.04. The Morgan fingerprint density at radius 3 is 2.51 bits per heavy atom. The Balaban J connectivity index is 1.42. The summed E-state index contributed by atoms with van der Waals surface area (Å²) in [5.74, 6) is -3.25. The standard InChI is InChI=1S/C28H27F2NO6/c1-17(32)15-37-25-14-21(13-23(29)26(25)30)19-7-9-22(10-8-19)36-16-18-4-2-5-20(12-18)27(33)31-11-3-6-24(31)28(34)35/h2,4-5,7-10,12-14,17,24,32H,3,6,11,15-16H2,1H3,(H,34,35)/t17?,24-/m0/s1. The summed E-state index contributed by atoms with van der Waals surface area (Å²) in [6.07, 6.45) is 0.270. The van der Waals surface area contributed by atoms with Crippen LogP contribution in [0.3, 0.4) is 0 Å². The van der Waals surface area contributed by atoms with Gasteiger partial charge in [0.15, 0.2) is 11.6 Å². The van der Waals surface area contributed by atoms with Gasteiger partial charge in [0.1, 0.15) is 25.0 Å². The van der Waals surface area contributed by atoms with E-state index in [1.165, 1.54) is 17.9 Å². The van der Waals surface area contributed by atoms with Crippen LogP contribution in [-0.2, 0) is 11.4 Å². The molecule has 1 heterocycles. The van der Waals surface area contributed by atoms with E-state index in [1.54, 1.807) is 48.5 Å². The van der Waals surface area contributed by atoms with Crippen molar-refractivity contribution in [1.82, 2.24) is 4.90 Å². The number of amides is 1. The number of halogens is 2. The fraction of sp³-hybridized carbons (Fsp3) is 0.286. The van der Waals surface area contributed by atoms with Crippen molar-refractivity contribution in [1.29, 1.82) is 0 Å². The Labute approximate surface area is 212 Å². The third-order valence-corrected chi connectivity index (χ3v) is 6.04. The number of rotatable bonds is 9. The summed E-state index contributed by atoms with van der Waals surface area (Å²) in [5, 5.41) is 18.7. The number of carboxylic acid groups (broad SMARTS) is 1. The highest BCUT2D eigenvalue weighted by Gasteiger charge is 2.34. The van der Waals surface area contributed by atoms with E-state index in [0.29, 0.717) is 41.8 Å². The highest BCUT2D eigenvalue weighted by atomic mass is 19.2. The number of likely N-dealkylation sites (tertiary alicyclic amines) is 1. The fourth-order valence-electron chi connectivity index (χ4n) is 4.18. The maximum absolute atomic E-state index is 14.1. The first-order chi connectivity index (χ1) is 17.7. The largest absolute Gasteiger partial charge is 0.489 e. The van der Waals surface area contributed by atoms with Gasteiger partial charge in [-0.3, -0.25) is 4.79 Å². The molecule has 7 nitrogen and oxygen atoms in total. The van der Waals surface area contributed by atoms with Crippen LogP contribution in [0.5, 0.6) is 11.5 Å². The summed E-state index contributed by atoms with van der Waals surface area (Å²) >= 11 is 0. The first-order valence-corrected chi connectivity index (χ1v) is 11.9. The van der Waals surface area contributed by atoms with Crippen LogP contribution in [-0.4, -0.2) is 52.3 Å². The second kappa shape index (κ2) is 11.4. The number of carbonyl (C=O) groups is 2. The zero-order chi connectivity index (χ0) is 26.5. The number of hydrogen-bond acceptors (Lipinski definition) is 5. The monoisotopic (exact) mass is 511 g/mol. The molecule has 0 aliphatic carbocycles. The topological polar surface area (TPSA) is 96.3 Å². The number of aliphatic hydroxyl groups excluding tert-OH is 1. The van der Waals surface area contributed by atoms with E-state index >= 15 is 0 Å². The first kappa shape index (κ1) is 26.1. The zero-order valence-corrected chi connectivity index (χ0v) is 20.2. The van der Waals surface area contributed by atoms with Crippen LogP contribution in [0, 0.1) is 11.6 Å². The molecule has 1 aliphatic heterocycles. The number of hydrogen-bond donors (Lipinski definition) is 2. The number of carbonyl (C=O) groups excluding carboxylic acids is 1. The minimum Gasteiger partial charge on any atom is -0.489 e. The number of carboxylic acids is 1. The van der Waals surface area contributed by atoms with Crippen LogP contribution in [0.1, 0.15) is 35.7 Å². The van der Waals surface area contributed by atoms with Crippen molar-refractivity contribution in [3.8, 4) is 22.6 Å². The summed E-state index contributed by atoms with van der Waals surface area (Å²) < 4.78 is 39.1. The van der Waals surface area contributed by atoms with Crippen molar-refractivity contribution in [3.05, 3.63) is 83.4 Å². The van der Waals surface area contributed by atoms with E-state index in [1.807, 2.05) is 0 Å². The predicted molar refractivity (Wildman–Crippen MR) is 131 cm³/mol. The van der Waals surface area contributed by atoms with Gasteiger partial charge >= 0.3 is 5.97 Å². The number of ether oxygens (including phenoxy) is 2. The Morgan fingerprint density at radius 2 is 1.81 bits per heavy atom. The summed E-state index contributed by atoms with van der Waals surface area (Å²) in [7, 11) is 0. The molecule has 37 heavy (non-hydrogen) atoms. The van der Waals surface area contributed by atoms with E-state index < -0.39 is 29.7 Å². The van der Waals surface area contributed by atoms with Crippen LogP contribution in [0.25, 0.3) is 11.1 Å². The SMILES string of the molecule is CC(O)COc1cc(-c2ccc(OCc3cccc(C(=O)N4CCC[C@H]4C(=O)O)c3)cc2)cc(F)c1F. The van der Waals surface area contributed by atoms with Crippen molar-refractivity contribution in [2.45, 2.75) is 38.5 Å². The summed E-state index contributed by atoms with van der Waals surface area (Å²) in [6, 6.07) is 15.3. The van der Waals surface area contributed by atoms with Gasteiger partial charge in [0, 0.05) is 12.1 Å². The molecule has 3 aromatic carbocycles. The molecule has 1 aliphatic rings. The van der Waals surface area contributed by atoms with Gasteiger partial charge in [0.25, 0.3) is 5.91 Å². The molecule has 0 bridgehead atoms. The van der Waals surface area contributed by atoms with Crippen molar-refractivity contribution in [2.75, 3.05) is 13.2 Å². The summed E-state index contributed by atoms with van der Waals surface area (Å²) in [6.45, 7) is 1.89. The molecule has 3 aromatic rings. The van der Waals surface area contributed by atoms with E-state index in [9.17, 15) is 28.6 Å². The van der Waals surface area contributed by atoms with Crippen molar-refractivity contribution >= 4 is 11.9 Å². The number of benzene rings is 3. The average molecular weight is 512 g/mol. The number of aliphatic carboxylic acids is 1. The molecule has 1 unspecified atom stereocenters. The lowest BCUT2D eigenvalue weighted by atomic mass is 10.0. The van der Waals surface area contributed by atoms with Gasteiger partial charge in [0.2, 0.25) is 5.82 Å². The van der Waals surface area contributed by atoms with E-state index in [2.05, 4.69) is 0 Å². The summed E-state index contributed by atoms with van der Waals surface area (Å²) in [5.41, 5.74) is 2.15. The van der Waals surface area contributed by atoms with Crippen LogP contribution in [0.4, 0.5) is 8.78 Å². The van der Waals surface area contributed by atoms with Crippen LogP contribution in [0.2, 0.25) is 0 Å². The van der Waals surface area contributed by atoms with Crippen molar-refractivity contribution < 1.29 is 38.1 Å². The lowest BCUT2D eigenvalue weighted by Gasteiger charge is -2.21. The molecule has 0 radical (unpaired) electrons. The van der Waals surface area contributed by atoms with Crippen molar-refractivity contribution in [2.24, 2.45) is 0 Å². The van der Waals surface area contributed by atoms with E-state index in [-0.39, 0.29) is 24.9 Å². The molecule has 1 saturated heterocycles. The molecule has 2 atom stereocenters. The molecule has 1 fully saturated rings. The van der Waals surface area contributed by atoms with Gasteiger partial charge in [-0.1, -0.05) is 24.3 Å². The lowest BCUT2D eigenvalue weighted by Crippen LogP contribution is -2.40. The maximum atomic E-state index is 14.1. The molecule has 194 valence electrons. The van der Waals surface area contributed by atoms with Gasteiger partial charge in [-0.25, -0.2) is 9.18 Å². The number of aliphatic hydroxyl groups is 1. The number of nitrogens with zero attached hydrogens (tertiary/aromatic N) is 1. The highest BCUT2D eigenvalue weighted by molar-refractivity contribution is 5.97.